The maximum absolute atomic E-state index is 13.4. The van der Waals surface area contributed by atoms with E-state index in [4.69, 9.17) is 0 Å². The van der Waals surface area contributed by atoms with Crippen molar-refractivity contribution >= 4 is 5.91 Å². The molecule has 0 fully saturated rings. The summed E-state index contributed by atoms with van der Waals surface area (Å²) in [4.78, 5) is 19.0. The number of nitrogens with zero attached hydrogens (tertiary/aromatic N) is 4. The van der Waals surface area contributed by atoms with Gasteiger partial charge >= 0.3 is 6.18 Å². The molecule has 0 radical (unpaired) electrons. The normalized spacial score (nSPS) is 14.2. The van der Waals surface area contributed by atoms with Crippen LogP contribution in [0.5, 0.6) is 0 Å². The molecule has 1 amide bonds. The molecule has 1 aromatic carbocycles. The lowest BCUT2D eigenvalue weighted by Gasteiger charge is -2.29. The summed E-state index contributed by atoms with van der Waals surface area (Å²) in [6.07, 6.45) is -1.00. The number of carbonyl (C=O) groups excluding carboxylic acids is 1. The molecule has 0 bridgehead atoms. The molecule has 3 heterocycles. The second kappa shape index (κ2) is 7.02. The molecule has 0 unspecified atom stereocenters. The molecule has 8 heteroatoms. The highest BCUT2D eigenvalue weighted by Gasteiger charge is 2.38. The summed E-state index contributed by atoms with van der Waals surface area (Å²) in [5.74, 6) is -0.201. The Hall–Kier alpha value is -3.16. The third-order valence-electron chi connectivity index (χ3n) is 5.04. The van der Waals surface area contributed by atoms with Crippen LogP contribution in [0, 0.1) is 6.92 Å². The lowest BCUT2D eigenvalue weighted by Crippen LogP contribution is -2.37. The number of benzene rings is 1. The van der Waals surface area contributed by atoms with Gasteiger partial charge < -0.3 is 4.90 Å². The highest BCUT2D eigenvalue weighted by Crippen LogP contribution is 2.39. The van der Waals surface area contributed by atoms with Gasteiger partial charge in [0, 0.05) is 37.1 Å². The molecule has 0 saturated heterocycles. The maximum atomic E-state index is 13.4. The van der Waals surface area contributed by atoms with E-state index in [0.29, 0.717) is 36.2 Å². The van der Waals surface area contributed by atoms with E-state index in [1.807, 2.05) is 19.1 Å². The van der Waals surface area contributed by atoms with Crippen molar-refractivity contribution in [2.45, 2.75) is 26.1 Å². The van der Waals surface area contributed by atoms with Gasteiger partial charge in [-0.2, -0.15) is 18.3 Å². The van der Waals surface area contributed by atoms with E-state index < -0.39 is 11.9 Å². The number of aromatic nitrogens is 3. The van der Waals surface area contributed by atoms with E-state index in [0.717, 1.165) is 15.9 Å². The van der Waals surface area contributed by atoms with Gasteiger partial charge in [0.25, 0.3) is 5.91 Å². The second-order valence-corrected chi connectivity index (χ2v) is 7.20. The second-order valence-electron chi connectivity index (χ2n) is 7.20. The average molecular weight is 400 g/mol. The molecule has 0 spiro atoms. The standard InChI is InChI=1S/C21H19F3N4O/c1-13-6-7-14(25-10-13)11-28-9-8-16-15(4-3-5-17(16)20(28)29)18-12-27(2)26-19(18)21(22,23)24/h3-7,10,12H,8-9,11H2,1-2H3. The highest BCUT2D eigenvalue weighted by atomic mass is 19.4. The van der Waals surface area contributed by atoms with Crippen molar-refractivity contribution in [1.29, 1.82) is 0 Å². The van der Waals surface area contributed by atoms with Crippen LogP contribution < -0.4 is 0 Å². The fraction of sp³-hybridized carbons (Fsp3) is 0.286. The van der Waals surface area contributed by atoms with Gasteiger partial charge in [0.05, 0.1) is 12.2 Å². The van der Waals surface area contributed by atoms with Crippen molar-refractivity contribution < 1.29 is 18.0 Å². The Morgan fingerprint density at radius 2 is 1.86 bits per heavy atom. The van der Waals surface area contributed by atoms with Gasteiger partial charge in [-0.3, -0.25) is 14.5 Å². The topological polar surface area (TPSA) is 51.0 Å². The quantitative estimate of drug-likeness (QED) is 0.668. The van der Waals surface area contributed by atoms with Crippen molar-refractivity contribution in [2.75, 3.05) is 6.54 Å². The van der Waals surface area contributed by atoms with Crippen molar-refractivity contribution in [3.63, 3.8) is 0 Å². The minimum atomic E-state index is -4.57. The van der Waals surface area contributed by atoms with E-state index in [9.17, 15) is 18.0 Å². The molecule has 3 aromatic rings. The van der Waals surface area contributed by atoms with E-state index >= 15 is 0 Å². The van der Waals surface area contributed by atoms with Gasteiger partial charge in [-0.15, -0.1) is 0 Å². The number of halogens is 3. The molecule has 2 aromatic heterocycles. The molecule has 0 aliphatic carbocycles. The van der Waals surface area contributed by atoms with E-state index in [2.05, 4.69) is 10.1 Å². The Morgan fingerprint density at radius 1 is 1.10 bits per heavy atom. The minimum Gasteiger partial charge on any atom is -0.332 e. The third kappa shape index (κ3) is 3.62. The molecular formula is C21H19F3N4O. The molecule has 0 atom stereocenters. The first kappa shape index (κ1) is 19.2. The van der Waals surface area contributed by atoms with E-state index in [1.54, 1.807) is 29.3 Å². The Balaban J connectivity index is 1.70. The number of fused-ring (bicyclic) bond motifs is 1. The molecule has 29 heavy (non-hydrogen) atoms. The fourth-order valence-corrected chi connectivity index (χ4v) is 3.66. The Morgan fingerprint density at radius 3 is 2.55 bits per heavy atom. The van der Waals surface area contributed by atoms with Crippen LogP contribution in [0.3, 0.4) is 0 Å². The maximum Gasteiger partial charge on any atom is 0.435 e. The highest BCUT2D eigenvalue weighted by molar-refractivity contribution is 5.98. The summed E-state index contributed by atoms with van der Waals surface area (Å²) in [5, 5.41) is 3.59. The average Bonchev–Trinajstić information content (AvgIpc) is 3.07. The van der Waals surface area contributed by atoms with Gasteiger partial charge in [-0.1, -0.05) is 18.2 Å². The molecule has 0 saturated carbocycles. The van der Waals surface area contributed by atoms with Crippen LogP contribution in [-0.4, -0.2) is 32.1 Å². The van der Waals surface area contributed by atoms with Crippen LogP contribution in [0.15, 0.2) is 42.7 Å². The summed E-state index contributed by atoms with van der Waals surface area (Å²) in [5.41, 5.74) is 2.33. The van der Waals surface area contributed by atoms with Crippen LogP contribution >= 0.6 is 0 Å². The summed E-state index contributed by atoms with van der Waals surface area (Å²) < 4.78 is 41.4. The summed E-state index contributed by atoms with van der Waals surface area (Å²) in [7, 11) is 1.45. The number of carbonyl (C=O) groups is 1. The predicted molar refractivity (Wildman–Crippen MR) is 101 cm³/mol. The first-order chi connectivity index (χ1) is 13.7. The number of alkyl halides is 3. The lowest BCUT2D eigenvalue weighted by atomic mass is 9.90. The molecule has 0 N–H and O–H groups in total. The first-order valence-electron chi connectivity index (χ1n) is 9.18. The zero-order chi connectivity index (χ0) is 20.8. The first-order valence-corrected chi connectivity index (χ1v) is 9.18. The van der Waals surface area contributed by atoms with Crippen molar-refractivity contribution in [3.8, 4) is 11.1 Å². The molecule has 1 aliphatic rings. The number of aryl methyl sites for hydroxylation is 2. The predicted octanol–water partition coefficient (Wildman–Crippen LogP) is 4.01. The Kier molecular flexibility index (Phi) is 4.64. The van der Waals surface area contributed by atoms with Crippen LogP contribution in [0.25, 0.3) is 11.1 Å². The molecule has 5 nitrogen and oxygen atoms in total. The largest absolute Gasteiger partial charge is 0.435 e. The van der Waals surface area contributed by atoms with Crippen molar-refractivity contribution in [2.24, 2.45) is 7.05 Å². The Bertz CT molecular complexity index is 1070. The SMILES string of the molecule is Cc1ccc(CN2CCc3c(cccc3-c3cn(C)nc3C(F)(F)F)C2=O)nc1. The minimum absolute atomic E-state index is 0.00157. The van der Waals surface area contributed by atoms with E-state index in [-0.39, 0.29) is 11.5 Å². The smallest absolute Gasteiger partial charge is 0.332 e. The number of pyridine rings is 1. The van der Waals surface area contributed by atoms with Gasteiger partial charge in [0.2, 0.25) is 0 Å². The van der Waals surface area contributed by atoms with Crippen LogP contribution in [0.4, 0.5) is 13.2 Å². The lowest BCUT2D eigenvalue weighted by molar-refractivity contribution is -0.140. The monoisotopic (exact) mass is 400 g/mol. The molecular weight excluding hydrogens is 381 g/mol. The molecule has 1 aliphatic heterocycles. The number of hydrogen-bond acceptors (Lipinski definition) is 3. The van der Waals surface area contributed by atoms with Crippen LogP contribution in [0.1, 0.15) is 32.9 Å². The van der Waals surface area contributed by atoms with Gasteiger partial charge in [-0.05, 0) is 42.2 Å². The van der Waals surface area contributed by atoms with Crippen molar-refractivity contribution in [1.82, 2.24) is 19.7 Å². The number of hydrogen-bond donors (Lipinski definition) is 0. The van der Waals surface area contributed by atoms with Crippen LogP contribution in [-0.2, 0) is 26.2 Å². The van der Waals surface area contributed by atoms with Gasteiger partial charge in [0.15, 0.2) is 5.69 Å². The zero-order valence-corrected chi connectivity index (χ0v) is 16.0. The summed E-state index contributed by atoms with van der Waals surface area (Å²) in [6.45, 7) is 2.72. The Labute approximate surface area is 165 Å². The van der Waals surface area contributed by atoms with E-state index in [1.165, 1.54) is 13.2 Å². The fourth-order valence-electron chi connectivity index (χ4n) is 3.66. The molecule has 150 valence electrons. The zero-order valence-electron chi connectivity index (χ0n) is 16.0. The summed E-state index contributed by atoms with van der Waals surface area (Å²) >= 11 is 0. The third-order valence-corrected chi connectivity index (χ3v) is 5.04. The van der Waals surface area contributed by atoms with Crippen molar-refractivity contribution in [3.05, 3.63) is 70.8 Å². The summed E-state index contributed by atoms with van der Waals surface area (Å²) in [6, 6.07) is 8.71. The molecule has 4 rings (SSSR count). The number of amides is 1. The van der Waals surface area contributed by atoms with Gasteiger partial charge in [-0.25, -0.2) is 0 Å². The number of rotatable bonds is 3. The van der Waals surface area contributed by atoms with Gasteiger partial charge in [0.1, 0.15) is 0 Å². The van der Waals surface area contributed by atoms with Crippen LogP contribution in [0.2, 0.25) is 0 Å².